The average Bonchev–Trinajstić information content (AvgIpc) is 2.94. The predicted molar refractivity (Wildman–Crippen MR) is 86.8 cm³/mol. The van der Waals surface area contributed by atoms with Crippen LogP contribution in [0.1, 0.15) is 63.4 Å². The molecule has 1 aliphatic carbocycles. The van der Waals surface area contributed by atoms with E-state index in [0.29, 0.717) is 6.04 Å². The number of rotatable bonds is 1. The van der Waals surface area contributed by atoms with E-state index in [1.807, 2.05) is 0 Å². The molecule has 0 amide bonds. The van der Waals surface area contributed by atoms with Crippen LogP contribution in [0.15, 0.2) is 24.3 Å². The Labute approximate surface area is 128 Å². The van der Waals surface area contributed by atoms with Gasteiger partial charge in [-0.15, -0.1) is 0 Å². The molecule has 1 aromatic carbocycles. The molecule has 2 fully saturated rings. The van der Waals surface area contributed by atoms with Gasteiger partial charge in [-0.3, -0.25) is 0 Å². The van der Waals surface area contributed by atoms with Gasteiger partial charge in [-0.2, -0.15) is 0 Å². The van der Waals surface area contributed by atoms with Crippen LogP contribution in [0.4, 0.5) is 5.69 Å². The molecule has 2 nitrogen and oxygen atoms in total. The summed E-state index contributed by atoms with van der Waals surface area (Å²) in [4.78, 5) is 0. The molecule has 4 rings (SSSR count). The van der Waals surface area contributed by atoms with Gasteiger partial charge in [-0.05, 0) is 62.5 Å². The Morgan fingerprint density at radius 2 is 2.00 bits per heavy atom. The second-order valence-electron chi connectivity index (χ2n) is 7.47. The number of fused-ring (bicyclic) bond motifs is 1. The molecule has 2 heteroatoms. The minimum atomic E-state index is 0.242. The van der Waals surface area contributed by atoms with E-state index in [0.717, 1.165) is 18.4 Å². The monoisotopic (exact) mass is 285 g/mol. The van der Waals surface area contributed by atoms with Crippen LogP contribution in [-0.4, -0.2) is 18.2 Å². The first-order valence-electron chi connectivity index (χ1n) is 8.75. The molecule has 0 radical (unpaired) electrons. The number of para-hydroxylation sites is 1. The molecule has 2 aliphatic heterocycles. The largest absolute Gasteiger partial charge is 0.382 e. The quantitative estimate of drug-likeness (QED) is 0.806. The zero-order chi connectivity index (χ0) is 14.3. The topological polar surface area (TPSA) is 21.3 Å². The lowest BCUT2D eigenvalue weighted by Crippen LogP contribution is -2.40. The normalized spacial score (nSPS) is 34.4. The molecule has 1 saturated carbocycles. The van der Waals surface area contributed by atoms with Crippen LogP contribution >= 0.6 is 0 Å². The highest BCUT2D eigenvalue weighted by atomic mass is 16.5. The van der Waals surface area contributed by atoms with Crippen molar-refractivity contribution in [3.63, 3.8) is 0 Å². The van der Waals surface area contributed by atoms with Crippen LogP contribution in [0, 0.1) is 5.92 Å². The van der Waals surface area contributed by atoms with Crippen molar-refractivity contribution in [2.24, 2.45) is 5.92 Å². The van der Waals surface area contributed by atoms with Gasteiger partial charge in [0.2, 0.25) is 0 Å². The highest BCUT2D eigenvalue weighted by Gasteiger charge is 2.43. The molecule has 3 atom stereocenters. The zero-order valence-electron chi connectivity index (χ0n) is 13.1. The van der Waals surface area contributed by atoms with Gasteiger partial charge in [0.15, 0.2) is 0 Å². The first-order valence-corrected chi connectivity index (χ1v) is 8.75. The molecule has 1 saturated heterocycles. The molecule has 1 N–H and O–H groups in total. The third-order valence-corrected chi connectivity index (χ3v) is 5.98. The maximum absolute atomic E-state index is 6.25. The number of hydrogen-bond acceptors (Lipinski definition) is 2. The van der Waals surface area contributed by atoms with Crippen LogP contribution in [0.2, 0.25) is 0 Å². The number of hydrogen-bond donors (Lipinski definition) is 1. The number of benzene rings is 1. The second-order valence-corrected chi connectivity index (χ2v) is 7.47. The van der Waals surface area contributed by atoms with E-state index in [2.05, 4.69) is 36.5 Å². The Bertz CT molecular complexity index is 506. The van der Waals surface area contributed by atoms with E-state index in [-0.39, 0.29) is 5.60 Å². The van der Waals surface area contributed by atoms with Crippen molar-refractivity contribution in [2.75, 3.05) is 11.9 Å². The fourth-order valence-corrected chi connectivity index (χ4v) is 5.01. The summed E-state index contributed by atoms with van der Waals surface area (Å²) in [6, 6.07) is 9.54. The molecule has 114 valence electrons. The van der Waals surface area contributed by atoms with Crippen LogP contribution < -0.4 is 5.32 Å². The Kier molecular flexibility index (Phi) is 3.45. The molecular formula is C19H27NO. The van der Waals surface area contributed by atoms with Gasteiger partial charge in [-0.1, -0.05) is 31.0 Å². The summed E-state index contributed by atoms with van der Waals surface area (Å²) in [5, 5.41) is 3.66. The summed E-state index contributed by atoms with van der Waals surface area (Å²) in [5.74, 6) is 1.53. The van der Waals surface area contributed by atoms with E-state index < -0.39 is 0 Å². The first-order chi connectivity index (χ1) is 10.3. The second kappa shape index (κ2) is 5.31. The number of anilines is 1. The van der Waals surface area contributed by atoms with Gasteiger partial charge < -0.3 is 10.1 Å². The fraction of sp³-hybridized carbons (Fsp3) is 0.684. The summed E-state index contributed by atoms with van der Waals surface area (Å²) in [7, 11) is 0. The van der Waals surface area contributed by atoms with Crippen molar-refractivity contribution < 1.29 is 4.74 Å². The van der Waals surface area contributed by atoms with Gasteiger partial charge in [0.05, 0.1) is 5.60 Å². The van der Waals surface area contributed by atoms with Crippen LogP contribution in [-0.2, 0) is 4.74 Å². The lowest BCUT2D eigenvalue weighted by atomic mass is 9.71. The molecule has 1 spiro atoms. The van der Waals surface area contributed by atoms with Crippen molar-refractivity contribution in [3.8, 4) is 0 Å². The molecule has 1 aromatic rings. The van der Waals surface area contributed by atoms with Gasteiger partial charge >= 0.3 is 0 Å². The summed E-state index contributed by atoms with van der Waals surface area (Å²) in [6.07, 6.45) is 9.14. The smallest absolute Gasteiger partial charge is 0.0685 e. The van der Waals surface area contributed by atoms with Gasteiger partial charge in [0.1, 0.15) is 0 Å². The molecule has 0 aromatic heterocycles. The Morgan fingerprint density at radius 1 is 1.19 bits per heavy atom. The van der Waals surface area contributed by atoms with Crippen LogP contribution in [0.25, 0.3) is 0 Å². The van der Waals surface area contributed by atoms with Crippen LogP contribution in [0.5, 0.6) is 0 Å². The summed E-state index contributed by atoms with van der Waals surface area (Å²) >= 11 is 0. The summed E-state index contributed by atoms with van der Waals surface area (Å²) < 4.78 is 6.25. The van der Waals surface area contributed by atoms with Gasteiger partial charge in [-0.25, -0.2) is 0 Å². The van der Waals surface area contributed by atoms with Crippen molar-refractivity contribution in [1.82, 2.24) is 0 Å². The van der Waals surface area contributed by atoms with E-state index in [1.165, 1.54) is 50.6 Å². The highest BCUT2D eigenvalue weighted by molar-refractivity contribution is 5.55. The predicted octanol–water partition coefficient (Wildman–Crippen LogP) is 4.71. The minimum Gasteiger partial charge on any atom is -0.382 e. The van der Waals surface area contributed by atoms with Crippen molar-refractivity contribution in [2.45, 2.75) is 69.4 Å². The Hall–Kier alpha value is -1.02. The maximum atomic E-state index is 6.25. The molecule has 2 heterocycles. The lowest BCUT2D eigenvalue weighted by Gasteiger charge is -2.44. The van der Waals surface area contributed by atoms with E-state index in [1.54, 1.807) is 5.56 Å². The van der Waals surface area contributed by atoms with Gasteiger partial charge in [0.25, 0.3) is 0 Å². The standard InChI is InChI=1S/C19H27NO/c1-14-12-17(16-6-2-3-7-18(16)20-14)15-8-11-21-19(13-15)9-4-5-10-19/h2-3,6-7,14-15,17,20H,4-5,8-13H2,1H3. The van der Waals surface area contributed by atoms with Crippen LogP contribution in [0.3, 0.4) is 0 Å². The fourth-order valence-electron chi connectivity index (χ4n) is 5.01. The summed E-state index contributed by atoms with van der Waals surface area (Å²) in [6.45, 7) is 3.30. The lowest BCUT2D eigenvalue weighted by molar-refractivity contribution is -0.0972. The highest BCUT2D eigenvalue weighted by Crippen LogP contribution is 2.49. The molecule has 0 bridgehead atoms. The van der Waals surface area contributed by atoms with E-state index >= 15 is 0 Å². The number of nitrogens with one attached hydrogen (secondary N) is 1. The molecule has 3 unspecified atom stereocenters. The third kappa shape index (κ3) is 2.48. The molecule has 3 aliphatic rings. The zero-order valence-corrected chi connectivity index (χ0v) is 13.1. The summed E-state index contributed by atoms with van der Waals surface area (Å²) in [5.41, 5.74) is 3.16. The number of ether oxygens (including phenoxy) is 1. The third-order valence-electron chi connectivity index (χ3n) is 5.98. The minimum absolute atomic E-state index is 0.242. The average molecular weight is 285 g/mol. The Balaban J connectivity index is 1.61. The SMILES string of the molecule is CC1CC(C2CCOC3(CCCC3)C2)c2ccccc2N1. The first kappa shape index (κ1) is 13.6. The Morgan fingerprint density at radius 3 is 2.86 bits per heavy atom. The van der Waals surface area contributed by atoms with E-state index in [4.69, 9.17) is 4.74 Å². The molecule has 21 heavy (non-hydrogen) atoms. The van der Waals surface area contributed by atoms with Crippen molar-refractivity contribution >= 4 is 5.69 Å². The molecular weight excluding hydrogens is 258 g/mol. The van der Waals surface area contributed by atoms with Crippen molar-refractivity contribution in [1.29, 1.82) is 0 Å². The maximum Gasteiger partial charge on any atom is 0.0685 e. The van der Waals surface area contributed by atoms with Crippen molar-refractivity contribution in [3.05, 3.63) is 29.8 Å². The van der Waals surface area contributed by atoms with Gasteiger partial charge in [0, 0.05) is 18.3 Å². The van der Waals surface area contributed by atoms with E-state index in [9.17, 15) is 0 Å².